The number of fused-ring (bicyclic) bond motifs is 1. The topological polar surface area (TPSA) is 69.2 Å². The van der Waals surface area contributed by atoms with Crippen molar-refractivity contribution in [2.24, 2.45) is 5.10 Å². The lowest BCUT2D eigenvalue weighted by Crippen LogP contribution is -2.17. The maximum atomic E-state index is 12.2. The van der Waals surface area contributed by atoms with E-state index in [0.29, 0.717) is 34.4 Å². The van der Waals surface area contributed by atoms with E-state index in [1.165, 1.54) is 0 Å². The molecule has 0 saturated heterocycles. The Kier molecular flexibility index (Phi) is 5.63. The van der Waals surface area contributed by atoms with Gasteiger partial charge in [-0.2, -0.15) is 5.10 Å². The molecule has 0 unspecified atom stereocenters. The monoisotopic (exact) mass is 408 g/mol. The van der Waals surface area contributed by atoms with Crippen LogP contribution in [0.5, 0.6) is 17.2 Å². The van der Waals surface area contributed by atoms with Crippen molar-refractivity contribution in [3.63, 3.8) is 0 Å². The molecule has 0 spiro atoms. The zero-order chi connectivity index (χ0) is 20.1. The van der Waals surface area contributed by atoms with E-state index in [2.05, 4.69) is 10.5 Å². The van der Waals surface area contributed by atoms with Gasteiger partial charge in [0.1, 0.15) is 12.4 Å². The second kappa shape index (κ2) is 8.67. The van der Waals surface area contributed by atoms with Crippen LogP contribution in [-0.2, 0) is 6.61 Å². The average Bonchev–Trinajstić information content (AvgIpc) is 3.22. The van der Waals surface area contributed by atoms with Crippen molar-refractivity contribution in [3.05, 3.63) is 88.4 Å². The van der Waals surface area contributed by atoms with Crippen molar-refractivity contribution in [2.75, 3.05) is 6.79 Å². The van der Waals surface area contributed by atoms with E-state index < -0.39 is 0 Å². The lowest BCUT2D eigenvalue weighted by atomic mass is 10.2. The normalized spacial score (nSPS) is 12.2. The second-order valence-corrected chi connectivity index (χ2v) is 6.62. The van der Waals surface area contributed by atoms with Gasteiger partial charge in [0.15, 0.2) is 11.5 Å². The van der Waals surface area contributed by atoms with Gasteiger partial charge in [0.2, 0.25) is 6.79 Å². The molecule has 1 aliphatic rings. The summed E-state index contributed by atoms with van der Waals surface area (Å²) >= 11 is 6.13. The van der Waals surface area contributed by atoms with E-state index in [0.717, 1.165) is 11.1 Å². The summed E-state index contributed by atoms with van der Waals surface area (Å²) in [7, 11) is 0. The molecule has 0 bridgehead atoms. The van der Waals surface area contributed by atoms with Gasteiger partial charge < -0.3 is 14.2 Å². The van der Waals surface area contributed by atoms with Gasteiger partial charge >= 0.3 is 0 Å². The number of ether oxygens (including phenoxy) is 3. The summed E-state index contributed by atoms with van der Waals surface area (Å²) in [6, 6.07) is 19.9. The van der Waals surface area contributed by atoms with E-state index in [1.807, 2.05) is 48.5 Å². The quantitative estimate of drug-likeness (QED) is 0.484. The van der Waals surface area contributed by atoms with Crippen molar-refractivity contribution in [3.8, 4) is 17.2 Å². The molecule has 0 aromatic heterocycles. The first-order valence-corrected chi connectivity index (χ1v) is 9.26. The summed E-state index contributed by atoms with van der Waals surface area (Å²) in [5.41, 5.74) is 4.68. The number of carbonyl (C=O) groups is 1. The number of nitrogens with one attached hydrogen (secondary N) is 1. The summed E-state index contributed by atoms with van der Waals surface area (Å²) in [6.45, 7) is 0.551. The van der Waals surface area contributed by atoms with Gasteiger partial charge in [-0.15, -0.1) is 0 Å². The maximum Gasteiger partial charge on any atom is 0.271 e. The SMILES string of the molecule is O=C(N/N=C/c1ccc(OCc2ccccc2Cl)cc1)c1ccc2c(c1)OCO2. The molecule has 4 rings (SSSR count). The Morgan fingerprint density at radius 2 is 1.86 bits per heavy atom. The lowest BCUT2D eigenvalue weighted by molar-refractivity contribution is 0.0954. The molecule has 0 fully saturated rings. The number of rotatable bonds is 6. The van der Waals surface area contributed by atoms with Gasteiger partial charge in [-0.3, -0.25) is 4.79 Å². The van der Waals surface area contributed by atoms with Crippen LogP contribution in [0.1, 0.15) is 21.5 Å². The molecule has 1 aliphatic heterocycles. The lowest BCUT2D eigenvalue weighted by Gasteiger charge is -2.07. The number of hydrogen-bond acceptors (Lipinski definition) is 5. The van der Waals surface area contributed by atoms with Gasteiger partial charge in [0.05, 0.1) is 6.21 Å². The van der Waals surface area contributed by atoms with Crippen LogP contribution >= 0.6 is 11.6 Å². The third-order valence-electron chi connectivity index (χ3n) is 4.25. The van der Waals surface area contributed by atoms with Crippen LogP contribution in [0, 0.1) is 0 Å². The fourth-order valence-electron chi connectivity index (χ4n) is 2.69. The molecule has 0 radical (unpaired) electrons. The number of benzene rings is 3. The number of nitrogens with zero attached hydrogens (tertiary/aromatic N) is 1. The predicted octanol–water partition coefficient (Wildman–Crippen LogP) is 4.41. The van der Waals surface area contributed by atoms with Crippen molar-refractivity contribution in [1.82, 2.24) is 5.43 Å². The first-order valence-electron chi connectivity index (χ1n) is 8.88. The Labute approximate surface area is 172 Å². The van der Waals surface area contributed by atoms with Crippen molar-refractivity contribution < 1.29 is 19.0 Å². The number of hydrazone groups is 1. The molecule has 1 heterocycles. The summed E-state index contributed by atoms with van der Waals surface area (Å²) in [5, 5.41) is 4.67. The van der Waals surface area contributed by atoms with Crippen LogP contribution in [0.4, 0.5) is 0 Å². The summed E-state index contributed by atoms with van der Waals surface area (Å²) in [5.74, 6) is 1.56. The number of halogens is 1. The third kappa shape index (κ3) is 4.67. The van der Waals surface area contributed by atoms with E-state index in [9.17, 15) is 4.79 Å². The van der Waals surface area contributed by atoms with Crippen LogP contribution in [0.25, 0.3) is 0 Å². The van der Waals surface area contributed by atoms with Crippen molar-refractivity contribution in [1.29, 1.82) is 0 Å². The van der Waals surface area contributed by atoms with E-state index in [1.54, 1.807) is 24.4 Å². The molecule has 1 N–H and O–H groups in total. The molecule has 29 heavy (non-hydrogen) atoms. The smallest absolute Gasteiger partial charge is 0.271 e. The van der Waals surface area contributed by atoms with Crippen LogP contribution in [0.3, 0.4) is 0 Å². The van der Waals surface area contributed by atoms with Crippen molar-refractivity contribution >= 4 is 23.7 Å². The van der Waals surface area contributed by atoms with Crippen LogP contribution < -0.4 is 19.6 Å². The molecule has 146 valence electrons. The summed E-state index contributed by atoms with van der Waals surface area (Å²) in [6.07, 6.45) is 1.56. The van der Waals surface area contributed by atoms with Gasteiger partial charge in [0, 0.05) is 16.1 Å². The number of carbonyl (C=O) groups excluding carboxylic acids is 1. The number of hydrogen-bond donors (Lipinski definition) is 1. The Balaban J connectivity index is 1.31. The molecule has 6 nitrogen and oxygen atoms in total. The summed E-state index contributed by atoms with van der Waals surface area (Å²) < 4.78 is 16.2. The standard InChI is InChI=1S/C22H17ClN2O4/c23-19-4-2-1-3-17(19)13-27-18-8-5-15(6-9-18)12-24-25-22(26)16-7-10-20-21(11-16)29-14-28-20/h1-12H,13-14H2,(H,25,26)/b24-12+. The minimum Gasteiger partial charge on any atom is -0.489 e. The van der Waals surface area contributed by atoms with E-state index >= 15 is 0 Å². The molecular weight excluding hydrogens is 392 g/mol. The Morgan fingerprint density at radius 1 is 1.07 bits per heavy atom. The molecule has 3 aromatic rings. The predicted molar refractivity (Wildman–Crippen MR) is 110 cm³/mol. The highest BCUT2D eigenvalue weighted by atomic mass is 35.5. The largest absolute Gasteiger partial charge is 0.489 e. The highest BCUT2D eigenvalue weighted by Gasteiger charge is 2.15. The minimum absolute atomic E-state index is 0.163. The van der Waals surface area contributed by atoms with Crippen LogP contribution in [0.2, 0.25) is 5.02 Å². The molecule has 7 heteroatoms. The van der Waals surface area contributed by atoms with Gasteiger partial charge in [0.25, 0.3) is 5.91 Å². The fourth-order valence-corrected chi connectivity index (χ4v) is 2.88. The van der Waals surface area contributed by atoms with Crippen LogP contribution in [-0.4, -0.2) is 18.9 Å². The highest BCUT2D eigenvalue weighted by molar-refractivity contribution is 6.31. The van der Waals surface area contributed by atoms with Crippen LogP contribution in [0.15, 0.2) is 71.8 Å². The Hall–Kier alpha value is -3.51. The zero-order valence-corrected chi connectivity index (χ0v) is 16.1. The third-order valence-corrected chi connectivity index (χ3v) is 4.62. The van der Waals surface area contributed by atoms with E-state index in [4.69, 9.17) is 25.8 Å². The maximum absolute atomic E-state index is 12.2. The van der Waals surface area contributed by atoms with E-state index in [-0.39, 0.29) is 12.7 Å². The van der Waals surface area contributed by atoms with Gasteiger partial charge in [-0.25, -0.2) is 5.43 Å². The van der Waals surface area contributed by atoms with Gasteiger partial charge in [-0.05, 0) is 54.1 Å². The Morgan fingerprint density at radius 3 is 2.69 bits per heavy atom. The second-order valence-electron chi connectivity index (χ2n) is 6.22. The zero-order valence-electron chi connectivity index (χ0n) is 15.3. The highest BCUT2D eigenvalue weighted by Crippen LogP contribution is 2.32. The first-order chi connectivity index (χ1) is 14.2. The molecule has 1 amide bonds. The Bertz CT molecular complexity index is 1050. The number of amides is 1. The van der Waals surface area contributed by atoms with Gasteiger partial charge in [-0.1, -0.05) is 29.8 Å². The minimum atomic E-state index is -0.334. The average molecular weight is 409 g/mol. The molecule has 0 aliphatic carbocycles. The van der Waals surface area contributed by atoms with Crippen molar-refractivity contribution in [2.45, 2.75) is 6.61 Å². The molecule has 0 saturated carbocycles. The summed E-state index contributed by atoms with van der Waals surface area (Å²) in [4.78, 5) is 12.2. The fraction of sp³-hybridized carbons (Fsp3) is 0.0909. The molecule has 3 aromatic carbocycles. The molecule has 0 atom stereocenters. The first kappa shape index (κ1) is 18.8. The molecular formula is C22H17ClN2O4.